The lowest BCUT2D eigenvalue weighted by atomic mass is 9.78. The molecular weight excluding hydrogens is 322 g/mol. The fourth-order valence-corrected chi connectivity index (χ4v) is 3.75. The van der Waals surface area contributed by atoms with Crippen LogP contribution >= 0.6 is 0 Å². The van der Waals surface area contributed by atoms with Gasteiger partial charge in [-0.15, -0.1) is 0 Å². The lowest BCUT2D eigenvalue weighted by Crippen LogP contribution is -2.43. The standard InChI is InChI=1S/C20H22F2N2O/c21-15-9-6-10-16(22)17(15)20(11-4-5-12-20)13-24-19(25)18(23)14-7-2-1-3-8-14/h1-3,6-10,18H,4-5,11-13,23H2,(H,24,25). The second-order valence-electron chi connectivity index (χ2n) is 6.69. The summed E-state index contributed by atoms with van der Waals surface area (Å²) < 4.78 is 28.6. The maximum Gasteiger partial charge on any atom is 0.241 e. The molecule has 0 saturated heterocycles. The molecule has 0 aromatic heterocycles. The number of amides is 1. The molecule has 1 amide bonds. The molecule has 1 saturated carbocycles. The third-order valence-corrected chi connectivity index (χ3v) is 5.10. The number of carbonyl (C=O) groups excluding carboxylic acids is 1. The highest BCUT2D eigenvalue weighted by Crippen LogP contribution is 2.42. The summed E-state index contributed by atoms with van der Waals surface area (Å²) in [6.07, 6.45) is 3.06. The van der Waals surface area contributed by atoms with Crippen molar-refractivity contribution in [2.75, 3.05) is 6.54 Å². The second-order valence-corrected chi connectivity index (χ2v) is 6.69. The van der Waals surface area contributed by atoms with Gasteiger partial charge in [0.1, 0.15) is 17.7 Å². The maximum absolute atomic E-state index is 14.3. The van der Waals surface area contributed by atoms with E-state index >= 15 is 0 Å². The van der Waals surface area contributed by atoms with Crippen molar-refractivity contribution in [3.8, 4) is 0 Å². The Morgan fingerprint density at radius 1 is 1.04 bits per heavy atom. The number of nitrogens with two attached hydrogens (primary N) is 1. The van der Waals surface area contributed by atoms with Crippen LogP contribution in [0.15, 0.2) is 48.5 Å². The Balaban J connectivity index is 1.78. The summed E-state index contributed by atoms with van der Waals surface area (Å²) in [6.45, 7) is 0.185. The van der Waals surface area contributed by atoms with E-state index in [4.69, 9.17) is 5.73 Å². The molecule has 0 heterocycles. The zero-order valence-corrected chi connectivity index (χ0v) is 14.0. The van der Waals surface area contributed by atoms with Gasteiger partial charge in [-0.2, -0.15) is 0 Å². The molecule has 2 aromatic rings. The molecule has 0 spiro atoms. The molecule has 0 radical (unpaired) electrons. The van der Waals surface area contributed by atoms with Gasteiger partial charge < -0.3 is 11.1 Å². The van der Waals surface area contributed by atoms with Gasteiger partial charge in [0.25, 0.3) is 0 Å². The summed E-state index contributed by atoms with van der Waals surface area (Å²) in [5.41, 5.74) is 6.09. The lowest BCUT2D eigenvalue weighted by Gasteiger charge is -2.31. The Morgan fingerprint density at radius 2 is 1.64 bits per heavy atom. The molecule has 132 valence electrons. The van der Waals surface area contributed by atoms with E-state index in [0.29, 0.717) is 18.4 Å². The summed E-state index contributed by atoms with van der Waals surface area (Å²) in [6, 6.07) is 12.2. The van der Waals surface area contributed by atoms with Crippen LogP contribution in [0.4, 0.5) is 8.78 Å². The van der Waals surface area contributed by atoms with E-state index in [9.17, 15) is 13.6 Å². The number of hydrogen-bond donors (Lipinski definition) is 2. The van der Waals surface area contributed by atoms with Crippen molar-refractivity contribution >= 4 is 5.91 Å². The Morgan fingerprint density at radius 3 is 2.24 bits per heavy atom. The average Bonchev–Trinajstić information content (AvgIpc) is 3.09. The molecule has 1 fully saturated rings. The number of carbonyl (C=O) groups is 1. The summed E-state index contributed by atoms with van der Waals surface area (Å²) in [4.78, 5) is 12.4. The first-order valence-electron chi connectivity index (χ1n) is 8.56. The second kappa shape index (κ2) is 7.31. The minimum Gasteiger partial charge on any atom is -0.354 e. The largest absolute Gasteiger partial charge is 0.354 e. The molecule has 1 unspecified atom stereocenters. The highest BCUT2D eigenvalue weighted by Gasteiger charge is 2.40. The number of benzene rings is 2. The van der Waals surface area contributed by atoms with Gasteiger partial charge in [0.05, 0.1) is 0 Å². The van der Waals surface area contributed by atoms with Crippen LogP contribution in [0.3, 0.4) is 0 Å². The molecule has 3 rings (SSSR count). The molecule has 0 aliphatic heterocycles. The molecule has 0 bridgehead atoms. The molecule has 1 aliphatic rings. The minimum atomic E-state index is -0.801. The van der Waals surface area contributed by atoms with Crippen molar-refractivity contribution in [2.24, 2.45) is 5.73 Å². The SMILES string of the molecule is NC(C(=O)NCC1(c2c(F)cccc2F)CCCC1)c1ccccc1. The fourth-order valence-electron chi connectivity index (χ4n) is 3.75. The fraction of sp³-hybridized carbons (Fsp3) is 0.350. The summed E-state index contributed by atoms with van der Waals surface area (Å²) >= 11 is 0. The predicted molar refractivity (Wildman–Crippen MR) is 92.9 cm³/mol. The number of halogens is 2. The van der Waals surface area contributed by atoms with Crippen LogP contribution in [0.1, 0.15) is 42.9 Å². The monoisotopic (exact) mass is 344 g/mol. The number of rotatable bonds is 5. The molecule has 2 aromatic carbocycles. The van der Waals surface area contributed by atoms with Crippen LogP contribution in [0, 0.1) is 11.6 Å². The number of hydrogen-bond acceptors (Lipinski definition) is 2. The Hall–Kier alpha value is -2.27. The van der Waals surface area contributed by atoms with Gasteiger partial charge >= 0.3 is 0 Å². The lowest BCUT2D eigenvalue weighted by molar-refractivity contribution is -0.122. The van der Waals surface area contributed by atoms with Crippen molar-refractivity contribution in [3.63, 3.8) is 0 Å². The van der Waals surface area contributed by atoms with Gasteiger partial charge in [-0.3, -0.25) is 4.79 Å². The van der Waals surface area contributed by atoms with Crippen LogP contribution in [0.2, 0.25) is 0 Å². The van der Waals surface area contributed by atoms with E-state index in [1.807, 2.05) is 18.2 Å². The third kappa shape index (κ3) is 3.56. The van der Waals surface area contributed by atoms with Gasteiger partial charge in [-0.25, -0.2) is 8.78 Å². The molecule has 1 aliphatic carbocycles. The summed E-state index contributed by atoms with van der Waals surface area (Å²) in [5, 5.41) is 2.82. The Bertz CT molecular complexity index is 722. The van der Waals surface area contributed by atoms with Gasteiger partial charge in [0, 0.05) is 17.5 Å². The minimum absolute atomic E-state index is 0.0843. The number of nitrogens with one attached hydrogen (secondary N) is 1. The normalized spacial score (nSPS) is 17.2. The zero-order valence-electron chi connectivity index (χ0n) is 14.0. The van der Waals surface area contributed by atoms with E-state index < -0.39 is 23.1 Å². The van der Waals surface area contributed by atoms with E-state index in [2.05, 4.69) is 5.32 Å². The predicted octanol–water partition coefficient (Wildman–Crippen LogP) is 3.59. The summed E-state index contributed by atoms with van der Waals surface area (Å²) in [5.74, 6) is -1.44. The van der Waals surface area contributed by atoms with E-state index in [1.165, 1.54) is 18.2 Å². The molecule has 1 atom stereocenters. The van der Waals surface area contributed by atoms with Crippen molar-refractivity contribution < 1.29 is 13.6 Å². The first-order chi connectivity index (χ1) is 12.0. The smallest absolute Gasteiger partial charge is 0.241 e. The summed E-state index contributed by atoms with van der Waals surface area (Å²) in [7, 11) is 0. The zero-order chi connectivity index (χ0) is 17.9. The maximum atomic E-state index is 14.3. The molecule has 3 N–H and O–H groups in total. The Kier molecular flexibility index (Phi) is 5.13. The van der Waals surface area contributed by atoms with Gasteiger partial charge in [0.15, 0.2) is 0 Å². The molecular formula is C20H22F2N2O. The first kappa shape index (κ1) is 17.5. The van der Waals surface area contributed by atoms with Gasteiger partial charge in [-0.1, -0.05) is 49.2 Å². The van der Waals surface area contributed by atoms with Crippen molar-refractivity contribution in [1.82, 2.24) is 5.32 Å². The van der Waals surface area contributed by atoms with Crippen molar-refractivity contribution in [3.05, 3.63) is 71.3 Å². The molecule has 5 heteroatoms. The molecule has 25 heavy (non-hydrogen) atoms. The van der Waals surface area contributed by atoms with E-state index in [1.54, 1.807) is 12.1 Å². The quantitative estimate of drug-likeness (QED) is 0.871. The molecule has 3 nitrogen and oxygen atoms in total. The van der Waals surface area contributed by atoms with Gasteiger partial charge in [-0.05, 0) is 30.5 Å². The highest BCUT2D eigenvalue weighted by molar-refractivity contribution is 5.83. The van der Waals surface area contributed by atoms with Crippen LogP contribution in [0.5, 0.6) is 0 Å². The van der Waals surface area contributed by atoms with Crippen molar-refractivity contribution in [2.45, 2.75) is 37.1 Å². The van der Waals surface area contributed by atoms with Crippen LogP contribution < -0.4 is 11.1 Å². The van der Waals surface area contributed by atoms with Crippen LogP contribution in [0.25, 0.3) is 0 Å². The van der Waals surface area contributed by atoms with Crippen molar-refractivity contribution in [1.29, 1.82) is 0 Å². The van der Waals surface area contributed by atoms with Crippen LogP contribution in [-0.4, -0.2) is 12.5 Å². The van der Waals surface area contributed by atoms with E-state index in [0.717, 1.165) is 12.8 Å². The van der Waals surface area contributed by atoms with Crippen LogP contribution in [-0.2, 0) is 10.2 Å². The first-order valence-corrected chi connectivity index (χ1v) is 8.56. The topological polar surface area (TPSA) is 55.1 Å². The Labute approximate surface area is 146 Å². The average molecular weight is 344 g/mol. The van der Waals surface area contributed by atoms with Gasteiger partial charge in [0.2, 0.25) is 5.91 Å². The highest BCUT2D eigenvalue weighted by atomic mass is 19.1. The third-order valence-electron chi connectivity index (χ3n) is 5.10. The van der Waals surface area contributed by atoms with E-state index in [-0.39, 0.29) is 18.0 Å².